The van der Waals surface area contributed by atoms with E-state index in [2.05, 4.69) is 5.32 Å². The van der Waals surface area contributed by atoms with Crippen LogP contribution in [0.5, 0.6) is 5.75 Å². The van der Waals surface area contributed by atoms with Gasteiger partial charge in [-0.3, -0.25) is 4.79 Å². The van der Waals surface area contributed by atoms with Crippen molar-refractivity contribution in [2.75, 3.05) is 13.7 Å². The van der Waals surface area contributed by atoms with Gasteiger partial charge in [0.15, 0.2) is 17.3 Å². The molecule has 1 heterocycles. The number of ether oxygens (including phenoxy) is 1. The third kappa shape index (κ3) is 2.22. The fourth-order valence-electron chi connectivity index (χ4n) is 2.18. The smallest absolute Gasteiger partial charge is 0.200 e. The molecular weight excluding hydrogens is 240 g/mol. The fourth-order valence-corrected chi connectivity index (χ4v) is 2.18. The molecule has 1 N–H and O–H groups in total. The number of carbonyl (C=O) groups is 1. The molecule has 5 heteroatoms. The molecule has 0 amide bonds. The number of ketones is 1. The van der Waals surface area contributed by atoms with Crippen LogP contribution in [0.15, 0.2) is 12.1 Å². The minimum atomic E-state index is -1.05. The van der Waals surface area contributed by atoms with Gasteiger partial charge in [-0.1, -0.05) is 13.0 Å². The van der Waals surface area contributed by atoms with Crippen LogP contribution in [0, 0.1) is 17.6 Å². The van der Waals surface area contributed by atoms with Gasteiger partial charge in [0.2, 0.25) is 5.82 Å². The number of nitrogens with one attached hydrogen (secondary N) is 1. The number of methoxy groups -OCH3 is 1. The summed E-state index contributed by atoms with van der Waals surface area (Å²) in [5.41, 5.74) is 0.0465. The van der Waals surface area contributed by atoms with Gasteiger partial charge < -0.3 is 10.1 Å². The van der Waals surface area contributed by atoms with Crippen LogP contribution in [0.1, 0.15) is 24.9 Å². The Bertz CT molecular complexity index is 476. The molecule has 0 bridgehead atoms. The van der Waals surface area contributed by atoms with E-state index in [1.165, 1.54) is 19.2 Å². The summed E-state index contributed by atoms with van der Waals surface area (Å²) in [5, 5.41) is 2.94. The highest BCUT2D eigenvalue weighted by Crippen LogP contribution is 2.29. The van der Waals surface area contributed by atoms with E-state index in [0.717, 1.165) is 0 Å². The summed E-state index contributed by atoms with van der Waals surface area (Å²) in [6.45, 7) is 2.55. The third-order valence-corrected chi connectivity index (χ3v) is 3.15. The monoisotopic (exact) mass is 255 g/mol. The number of hydrogen-bond donors (Lipinski definition) is 1. The lowest BCUT2D eigenvalue weighted by atomic mass is 9.90. The minimum Gasteiger partial charge on any atom is -0.494 e. The van der Waals surface area contributed by atoms with Crippen LogP contribution in [0.4, 0.5) is 8.78 Å². The van der Waals surface area contributed by atoms with Crippen LogP contribution in [0.3, 0.4) is 0 Å². The van der Waals surface area contributed by atoms with Gasteiger partial charge >= 0.3 is 0 Å². The lowest BCUT2D eigenvalue weighted by Gasteiger charge is -2.27. The van der Waals surface area contributed by atoms with Gasteiger partial charge in [0.25, 0.3) is 0 Å². The number of carbonyl (C=O) groups excluding carboxylic acids is 1. The van der Waals surface area contributed by atoms with Gasteiger partial charge in [-0.15, -0.1) is 0 Å². The number of rotatable bonds is 2. The summed E-state index contributed by atoms with van der Waals surface area (Å²) in [5.74, 6) is -2.12. The zero-order valence-electron chi connectivity index (χ0n) is 10.3. The molecule has 1 saturated heterocycles. The van der Waals surface area contributed by atoms with Gasteiger partial charge in [-0.2, -0.15) is 4.39 Å². The number of Topliss-reactive ketones (excluding diaryl/α,β-unsaturated/α-hetero) is 1. The lowest BCUT2D eigenvalue weighted by molar-refractivity contribution is -0.123. The van der Waals surface area contributed by atoms with E-state index in [4.69, 9.17) is 4.74 Å². The Labute approximate surface area is 104 Å². The largest absolute Gasteiger partial charge is 0.494 e. The molecular formula is C13H15F2NO2. The second-order valence-electron chi connectivity index (χ2n) is 4.60. The Balaban J connectivity index is 2.34. The van der Waals surface area contributed by atoms with E-state index in [1.807, 2.05) is 6.92 Å². The van der Waals surface area contributed by atoms with Crippen LogP contribution in [-0.4, -0.2) is 19.4 Å². The number of benzene rings is 1. The maximum atomic E-state index is 13.9. The van der Waals surface area contributed by atoms with E-state index < -0.39 is 17.7 Å². The molecule has 2 atom stereocenters. The molecule has 98 valence electrons. The highest BCUT2D eigenvalue weighted by Gasteiger charge is 2.30. The maximum Gasteiger partial charge on any atom is 0.200 e. The van der Waals surface area contributed by atoms with Gasteiger partial charge in [0.1, 0.15) is 0 Å². The van der Waals surface area contributed by atoms with Crippen LogP contribution in [0.2, 0.25) is 0 Å². The molecule has 0 radical (unpaired) electrons. The highest BCUT2D eigenvalue weighted by atomic mass is 19.2. The van der Waals surface area contributed by atoms with Crippen molar-refractivity contribution in [3.05, 3.63) is 29.3 Å². The van der Waals surface area contributed by atoms with Crippen LogP contribution in [0.25, 0.3) is 0 Å². The zero-order chi connectivity index (χ0) is 13.3. The van der Waals surface area contributed by atoms with E-state index in [9.17, 15) is 13.6 Å². The molecule has 1 aromatic rings. The molecule has 0 saturated carbocycles. The van der Waals surface area contributed by atoms with Crippen molar-refractivity contribution < 1.29 is 18.3 Å². The molecule has 18 heavy (non-hydrogen) atoms. The van der Waals surface area contributed by atoms with Crippen LogP contribution < -0.4 is 10.1 Å². The fraction of sp³-hybridized carbons (Fsp3) is 0.462. The number of hydrogen-bond acceptors (Lipinski definition) is 3. The minimum absolute atomic E-state index is 0.0465. The average molecular weight is 255 g/mol. The molecule has 1 unspecified atom stereocenters. The van der Waals surface area contributed by atoms with E-state index in [0.29, 0.717) is 13.0 Å². The standard InChI is InChI=1S/C13H15F2NO2/c1-7-5-9(17)13(16-6-7)8-3-4-10(18-2)12(15)11(8)14/h3-4,7,13,16H,5-6H2,1-2H3/t7-,13?/m1/s1. The zero-order valence-corrected chi connectivity index (χ0v) is 10.3. The lowest BCUT2D eigenvalue weighted by Crippen LogP contribution is -2.39. The quantitative estimate of drug-likeness (QED) is 0.880. The van der Waals surface area contributed by atoms with Gasteiger partial charge in [0.05, 0.1) is 13.2 Å². The van der Waals surface area contributed by atoms with Gasteiger partial charge in [0, 0.05) is 12.0 Å². The first-order valence-corrected chi connectivity index (χ1v) is 5.82. The van der Waals surface area contributed by atoms with Crippen molar-refractivity contribution in [1.29, 1.82) is 0 Å². The summed E-state index contributed by atoms with van der Waals surface area (Å²) < 4.78 is 32.1. The SMILES string of the molecule is COc1ccc(C2NC[C@H](C)CC2=O)c(F)c1F. The Morgan fingerprint density at radius 3 is 2.67 bits per heavy atom. The number of halogens is 2. The first kappa shape index (κ1) is 13.0. The molecule has 1 fully saturated rings. The van der Waals surface area contributed by atoms with Crippen molar-refractivity contribution in [3.63, 3.8) is 0 Å². The second-order valence-corrected chi connectivity index (χ2v) is 4.60. The summed E-state index contributed by atoms with van der Waals surface area (Å²) in [7, 11) is 1.27. The van der Waals surface area contributed by atoms with Crippen LogP contribution >= 0.6 is 0 Å². The molecule has 0 aromatic heterocycles. The summed E-state index contributed by atoms with van der Waals surface area (Å²) in [4.78, 5) is 11.8. The third-order valence-electron chi connectivity index (χ3n) is 3.15. The molecule has 1 aliphatic rings. The Morgan fingerprint density at radius 1 is 1.33 bits per heavy atom. The predicted molar refractivity (Wildman–Crippen MR) is 62.4 cm³/mol. The number of piperidine rings is 1. The highest BCUT2D eigenvalue weighted by molar-refractivity contribution is 5.86. The summed E-state index contributed by atoms with van der Waals surface area (Å²) in [6.07, 6.45) is 0.380. The molecule has 1 aromatic carbocycles. The molecule has 1 aliphatic heterocycles. The first-order chi connectivity index (χ1) is 8.54. The topological polar surface area (TPSA) is 38.3 Å². The normalized spacial score (nSPS) is 24.1. The van der Waals surface area contributed by atoms with E-state index in [-0.39, 0.29) is 23.0 Å². The van der Waals surface area contributed by atoms with Crippen molar-refractivity contribution in [2.45, 2.75) is 19.4 Å². The second kappa shape index (κ2) is 5.02. The van der Waals surface area contributed by atoms with Gasteiger partial charge in [-0.25, -0.2) is 4.39 Å². The van der Waals surface area contributed by atoms with Crippen molar-refractivity contribution in [2.24, 2.45) is 5.92 Å². The van der Waals surface area contributed by atoms with Gasteiger partial charge in [-0.05, 0) is 18.5 Å². The average Bonchev–Trinajstić information content (AvgIpc) is 2.34. The summed E-state index contributed by atoms with van der Waals surface area (Å²) >= 11 is 0. The molecule has 0 aliphatic carbocycles. The van der Waals surface area contributed by atoms with Crippen LogP contribution in [-0.2, 0) is 4.79 Å². The Morgan fingerprint density at radius 2 is 2.06 bits per heavy atom. The molecule has 2 rings (SSSR count). The summed E-state index contributed by atoms with van der Waals surface area (Å²) in [6, 6.07) is 1.96. The Kier molecular flexibility index (Phi) is 3.61. The van der Waals surface area contributed by atoms with E-state index in [1.54, 1.807) is 0 Å². The Hall–Kier alpha value is -1.49. The van der Waals surface area contributed by atoms with Crippen molar-refractivity contribution in [1.82, 2.24) is 5.32 Å². The molecule has 0 spiro atoms. The maximum absolute atomic E-state index is 13.9. The van der Waals surface area contributed by atoms with Crippen molar-refractivity contribution in [3.8, 4) is 5.75 Å². The van der Waals surface area contributed by atoms with Crippen molar-refractivity contribution >= 4 is 5.78 Å². The first-order valence-electron chi connectivity index (χ1n) is 5.82. The predicted octanol–water partition coefficient (Wildman–Crippen LogP) is 2.21. The molecule has 3 nitrogen and oxygen atoms in total. The van der Waals surface area contributed by atoms with E-state index >= 15 is 0 Å².